The van der Waals surface area contributed by atoms with E-state index in [-0.39, 0.29) is 0 Å². The summed E-state index contributed by atoms with van der Waals surface area (Å²) < 4.78 is 5.66. The van der Waals surface area contributed by atoms with Gasteiger partial charge in [-0.25, -0.2) is 4.98 Å². The van der Waals surface area contributed by atoms with Crippen LogP contribution in [0.2, 0.25) is 0 Å². The van der Waals surface area contributed by atoms with Crippen LogP contribution in [0.5, 0.6) is 5.88 Å². The van der Waals surface area contributed by atoms with E-state index in [0.717, 1.165) is 17.2 Å². The van der Waals surface area contributed by atoms with E-state index in [9.17, 15) is 0 Å². The molecule has 1 aliphatic rings. The Hall–Kier alpha value is -1.58. The largest absolute Gasteiger partial charge is 0.473 e. The number of hydrogen-bond donors (Lipinski definition) is 1. The van der Waals surface area contributed by atoms with Gasteiger partial charge in [0.2, 0.25) is 5.88 Å². The van der Waals surface area contributed by atoms with Crippen molar-refractivity contribution in [2.45, 2.75) is 32.6 Å². The number of ether oxygens (including phenoxy) is 1. The van der Waals surface area contributed by atoms with Gasteiger partial charge in [0.25, 0.3) is 0 Å². The molecule has 4 nitrogen and oxygen atoms in total. The fourth-order valence-electron chi connectivity index (χ4n) is 1.64. The third-order valence-electron chi connectivity index (χ3n) is 2.85. The first-order valence-corrected chi connectivity index (χ1v) is 6.06. The molecule has 17 heavy (non-hydrogen) atoms. The van der Waals surface area contributed by atoms with E-state index < -0.39 is 0 Å². The molecule has 0 saturated heterocycles. The molecule has 1 fully saturated rings. The normalized spacial score (nSPS) is 15.2. The summed E-state index contributed by atoms with van der Waals surface area (Å²) in [6.45, 7) is 4.51. The molecule has 0 atom stereocenters. The molecule has 1 N–H and O–H groups in total. The predicted molar refractivity (Wildman–Crippen MR) is 68.6 cm³/mol. The Labute approximate surface area is 102 Å². The van der Waals surface area contributed by atoms with E-state index in [1.807, 2.05) is 33.0 Å². The molecule has 0 radical (unpaired) electrons. The molecule has 0 amide bonds. The summed E-state index contributed by atoms with van der Waals surface area (Å²) in [5.74, 6) is 3.02. The second-order valence-corrected chi connectivity index (χ2v) is 4.26. The minimum atomic E-state index is 0.534. The Bertz CT molecular complexity index is 425. The molecule has 1 heterocycles. The minimum absolute atomic E-state index is 0.534. The highest BCUT2D eigenvalue weighted by atomic mass is 16.5. The van der Waals surface area contributed by atoms with Gasteiger partial charge in [0, 0.05) is 13.0 Å². The Morgan fingerprint density at radius 3 is 2.76 bits per heavy atom. The van der Waals surface area contributed by atoms with Crippen molar-refractivity contribution in [1.82, 2.24) is 9.97 Å². The zero-order valence-corrected chi connectivity index (χ0v) is 10.7. The van der Waals surface area contributed by atoms with Gasteiger partial charge in [-0.1, -0.05) is 12.2 Å². The van der Waals surface area contributed by atoms with Gasteiger partial charge in [-0.2, -0.15) is 4.98 Å². The van der Waals surface area contributed by atoms with Crippen molar-refractivity contribution in [2.24, 2.45) is 0 Å². The van der Waals surface area contributed by atoms with Crippen LogP contribution in [0.25, 0.3) is 0 Å². The van der Waals surface area contributed by atoms with E-state index in [4.69, 9.17) is 4.74 Å². The van der Waals surface area contributed by atoms with E-state index in [0.29, 0.717) is 18.4 Å². The molecule has 1 saturated carbocycles. The van der Waals surface area contributed by atoms with E-state index in [1.54, 1.807) is 0 Å². The predicted octanol–water partition coefficient (Wildman–Crippen LogP) is 2.66. The number of hydrogen-bond acceptors (Lipinski definition) is 4. The first kappa shape index (κ1) is 11.9. The van der Waals surface area contributed by atoms with Crippen molar-refractivity contribution in [3.8, 4) is 5.88 Å². The Morgan fingerprint density at radius 2 is 2.18 bits per heavy atom. The lowest BCUT2D eigenvalue weighted by atomic mass is 10.3. The maximum atomic E-state index is 5.66. The average Bonchev–Trinajstić information content (AvgIpc) is 3.15. The van der Waals surface area contributed by atoms with E-state index >= 15 is 0 Å². The van der Waals surface area contributed by atoms with Gasteiger partial charge in [0.15, 0.2) is 0 Å². The topological polar surface area (TPSA) is 47.0 Å². The molecule has 0 unspecified atom stereocenters. The molecule has 0 bridgehead atoms. The molecule has 4 heteroatoms. The Morgan fingerprint density at radius 1 is 1.41 bits per heavy atom. The van der Waals surface area contributed by atoms with Crippen LogP contribution in [0.4, 0.5) is 5.82 Å². The highest BCUT2D eigenvalue weighted by Gasteiger charge is 2.28. The molecule has 0 spiro atoms. The second-order valence-electron chi connectivity index (χ2n) is 4.26. The third-order valence-corrected chi connectivity index (χ3v) is 2.85. The summed E-state index contributed by atoms with van der Waals surface area (Å²) in [7, 11) is 1.88. The van der Waals surface area contributed by atoms with Crippen molar-refractivity contribution < 1.29 is 4.74 Å². The Kier molecular flexibility index (Phi) is 3.61. The van der Waals surface area contributed by atoms with Gasteiger partial charge in [-0.3, -0.25) is 0 Å². The molecular weight excluding hydrogens is 214 g/mol. The fraction of sp³-hybridized carbons (Fsp3) is 0.538. The molecule has 1 aromatic rings. The van der Waals surface area contributed by atoms with Crippen LogP contribution in [0.3, 0.4) is 0 Å². The van der Waals surface area contributed by atoms with Crippen molar-refractivity contribution in [3.63, 3.8) is 0 Å². The van der Waals surface area contributed by atoms with Crippen molar-refractivity contribution in [2.75, 3.05) is 19.0 Å². The average molecular weight is 233 g/mol. The van der Waals surface area contributed by atoms with Crippen LogP contribution >= 0.6 is 0 Å². The quantitative estimate of drug-likeness (QED) is 0.794. The third kappa shape index (κ3) is 2.75. The van der Waals surface area contributed by atoms with Crippen LogP contribution in [0.15, 0.2) is 12.2 Å². The first-order valence-electron chi connectivity index (χ1n) is 6.06. The number of anilines is 1. The van der Waals surface area contributed by atoms with Gasteiger partial charge in [-0.15, -0.1) is 0 Å². The van der Waals surface area contributed by atoms with Crippen LogP contribution < -0.4 is 10.1 Å². The van der Waals surface area contributed by atoms with E-state index in [1.165, 1.54) is 12.8 Å². The molecule has 0 aromatic carbocycles. The van der Waals surface area contributed by atoms with Crippen LogP contribution in [-0.4, -0.2) is 23.6 Å². The van der Waals surface area contributed by atoms with E-state index in [2.05, 4.69) is 15.3 Å². The van der Waals surface area contributed by atoms with Crippen molar-refractivity contribution in [3.05, 3.63) is 23.5 Å². The summed E-state index contributed by atoms with van der Waals surface area (Å²) in [5.41, 5.74) is 0.974. The lowest BCUT2D eigenvalue weighted by molar-refractivity contribution is 0.343. The van der Waals surface area contributed by atoms with Gasteiger partial charge in [0.1, 0.15) is 18.2 Å². The fourth-order valence-corrected chi connectivity index (χ4v) is 1.64. The van der Waals surface area contributed by atoms with Gasteiger partial charge < -0.3 is 10.1 Å². The summed E-state index contributed by atoms with van der Waals surface area (Å²) in [6, 6.07) is 0. The van der Waals surface area contributed by atoms with Crippen molar-refractivity contribution >= 4 is 5.82 Å². The summed E-state index contributed by atoms with van der Waals surface area (Å²) in [4.78, 5) is 9.03. The van der Waals surface area contributed by atoms with Gasteiger partial charge >= 0.3 is 0 Å². The van der Waals surface area contributed by atoms with Crippen molar-refractivity contribution in [1.29, 1.82) is 0 Å². The van der Waals surface area contributed by atoms with Gasteiger partial charge in [-0.05, 0) is 26.7 Å². The monoisotopic (exact) mass is 233 g/mol. The molecule has 1 aromatic heterocycles. The number of aromatic nitrogens is 2. The van der Waals surface area contributed by atoms with Crippen LogP contribution in [0.1, 0.15) is 37.1 Å². The SMILES string of the molecule is C/C=C/COc1nc(C2CC2)nc(NC)c1C. The summed E-state index contributed by atoms with van der Waals surface area (Å²) in [5, 5.41) is 3.10. The molecule has 1 aliphatic carbocycles. The number of rotatable bonds is 5. The Balaban J connectivity index is 2.24. The highest BCUT2D eigenvalue weighted by molar-refractivity contribution is 5.48. The molecule has 0 aliphatic heterocycles. The second kappa shape index (κ2) is 5.17. The number of nitrogens with one attached hydrogen (secondary N) is 1. The zero-order chi connectivity index (χ0) is 12.3. The maximum absolute atomic E-state index is 5.66. The summed E-state index contributed by atoms with van der Waals surface area (Å²) >= 11 is 0. The lowest BCUT2D eigenvalue weighted by Crippen LogP contribution is -2.06. The first-order chi connectivity index (χ1) is 8.26. The van der Waals surface area contributed by atoms with Crippen LogP contribution in [-0.2, 0) is 0 Å². The molecule has 92 valence electrons. The zero-order valence-electron chi connectivity index (χ0n) is 10.7. The number of allylic oxidation sites excluding steroid dienone is 1. The highest BCUT2D eigenvalue weighted by Crippen LogP contribution is 2.39. The minimum Gasteiger partial charge on any atom is -0.473 e. The molecular formula is C13H19N3O. The van der Waals surface area contributed by atoms with Gasteiger partial charge in [0.05, 0.1) is 5.56 Å². The maximum Gasteiger partial charge on any atom is 0.222 e. The number of nitrogens with zero attached hydrogens (tertiary/aromatic N) is 2. The van der Waals surface area contributed by atoms with Crippen LogP contribution in [0, 0.1) is 6.92 Å². The smallest absolute Gasteiger partial charge is 0.222 e. The summed E-state index contributed by atoms with van der Waals surface area (Å²) in [6.07, 6.45) is 6.33. The lowest BCUT2D eigenvalue weighted by Gasteiger charge is -2.11. The standard InChI is InChI=1S/C13H19N3O/c1-4-5-8-17-13-9(2)11(14-3)15-12(16-13)10-6-7-10/h4-5,10H,6-8H2,1-3H3,(H,14,15,16)/b5-4+. The molecule has 2 rings (SSSR count).